The maximum atomic E-state index is 11.1. The Bertz CT molecular complexity index is 57.6. The van der Waals surface area contributed by atoms with Crippen molar-refractivity contribution in [2.45, 2.75) is 6.43 Å². The van der Waals surface area contributed by atoms with E-state index in [0.29, 0.717) is 0 Å². The first-order valence-electron chi connectivity index (χ1n) is 2.15. The van der Waals surface area contributed by atoms with Gasteiger partial charge in [-0.2, -0.15) is 8.78 Å². The molecule has 9 heavy (non-hydrogen) atoms. The van der Waals surface area contributed by atoms with Crippen LogP contribution >= 0.6 is 0 Å². The van der Waals surface area contributed by atoms with E-state index in [-0.39, 0.29) is 0 Å². The molecule has 55 valence electrons. The first-order valence-corrected chi connectivity index (χ1v) is 2.15. The summed E-state index contributed by atoms with van der Waals surface area (Å²) in [5, 5.41) is 0. The topological polar surface area (TPSA) is 9.23 Å². The van der Waals surface area contributed by atoms with Gasteiger partial charge in [0.1, 0.15) is 13.2 Å². The van der Waals surface area contributed by atoms with Crippen LogP contribution in [0, 0.1) is 6.43 Å². The van der Waals surface area contributed by atoms with Crippen LogP contribution in [0.15, 0.2) is 0 Å². The summed E-state index contributed by atoms with van der Waals surface area (Å²) in [6.07, 6.45) is -4.67. The Morgan fingerprint density at radius 3 is 2.22 bits per heavy atom. The molecule has 0 atom stereocenters. The number of rotatable bonds is 4. The van der Waals surface area contributed by atoms with E-state index < -0.39 is 26.1 Å². The molecule has 1 nitrogen and oxygen atoms in total. The van der Waals surface area contributed by atoms with Crippen molar-refractivity contribution in [2.75, 3.05) is 13.2 Å². The summed E-state index contributed by atoms with van der Waals surface area (Å²) in [5.41, 5.74) is 0. The zero-order valence-electron chi connectivity index (χ0n) is 4.41. The Labute approximate surface area is 49.6 Å². The van der Waals surface area contributed by atoms with Crippen LogP contribution < -0.4 is 0 Å². The Kier molecular flexibility index (Phi) is 4.39. The Morgan fingerprint density at radius 1 is 1.33 bits per heavy atom. The van der Waals surface area contributed by atoms with E-state index in [4.69, 9.17) is 0 Å². The maximum absolute atomic E-state index is 11.1. The Morgan fingerprint density at radius 2 is 1.89 bits per heavy atom. The minimum atomic E-state index is -2.68. The average molecular weight is 145 g/mol. The number of halogens is 4. The molecule has 5 heteroatoms. The number of hydrogen-bond donors (Lipinski definition) is 0. The van der Waals surface area contributed by atoms with Crippen molar-refractivity contribution in [3.8, 4) is 0 Å². The molecule has 0 spiro atoms. The zero-order valence-corrected chi connectivity index (χ0v) is 4.41. The third-order valence-electron chi connectivity index (χ3n) is 0.455. The monoisotopic (exact) mass is 145 g/mol. The van der Waals surface area contributed by atoms with Gasteiger partial charge in [-0.25, -0.2) is 8.78 Å². The third kappa shape index (κ3) is 7.68. The smallest absolute Gasteiger partial charge is 0.335 e. The molecule has 0 amide bonds. The minimum absolute atomic E-state index is 0.933. The molecular weight excluding hydrogens is 140 g/mol. The molecular formula is C4H5F4O. The molecule has 0 bridgehead atoms. The van der Waals surface area contributed by atoms with Crippen LogP contribution in [-0.4, -0.2) is 19.6 Å². The quantitative estimate of drug-likeness (QED) is 0.547. The Balaban J connectivity index is 2.91. The summed E-state index contributed by atoms with van der Waals surface area (Å²) in [6, 6.07) is 0. The molecule has 0 aromatic carbocycles. The molecule has 1 radical (unpaired) electrons. The predicted octanol–water partition coefficient (Wildman–Crippen LogP) is 1.70. The van der Waals surface area contributed by atoms with Crippen LogP contribution in [0.2, 0.25) is 0 Å². The second kappa shape index (κ2) is 4.55. The lowest BCUT2D eigenvalue weighted by atomic mass is 10.7. The van der Waals surface area contributed by atoms with Gasteiger partial charge < -0.3 is 4.74 Å². The van der Waals surface area contributed by atoms with Gasteiger partial charge in [-0.1, -0.05) is 0 Å². The second-order valence-corrected chi connectivity index (χ2v) is 1.24. The summed E-state index contributed by atoms with van der Waals surface area (Å²) in [4.78, 5) is 0. The second-order valence-electron chi connectivity index (χ2n) is 1.24. The molecule has 0 saturated heterocycles. The van der Waals surface area contributed by atoms with Gasteiger partial charge in [0.05, 0.1) is 0 Å². The van der Waals surface area contributed by atoms with Crippen molar-refractivity contribution in [1.29, 1.82) is 0 Å². The van der Waals surface area contributed by atoms with Crippen LogP contribution in [-0.2, 0) is 4.74 Å². The lowest BCUT2D eigenvalue weighted by molar-refractivity contribution is 0.00141. The lowest BCUT2D eigenvalue weighted by Gasteiger charge is -1.99. The van der Waals surface area contributed by atoms with E-state index >= 15 is 0 Å². The van der Waals surface area contributed by atoms with E-state index in [1.54, 1.807) is 0 Å². The molecule has 0 aromatic heterocycles. The fourth-order valence-corrected chi connectivity index (χ4v) is 0.225. The first kappa shape index (κ1) is 8.68. The number of ether oxygens (including phenoxy) is 1. The van der Waals surface area contributed by atoms with Crippen molar-refractivity contribution in [3.63, 3.8) is 0 Å². The van der Waals surface area contributed by atoms with E-state index in [1.165, 1.54) is 0 Å². The van der Waals surface area contributed by atoms with Crippen LogP contribution in [0.3, 0.4) is 0 Å². The van der Waals surface area contributed by atoms with E-state index in [0.717, 1.165) is 0 Å². The number of hydrogen-bond acceptors (Lipinski definition) is 1. The molecule has 0 unspecified atom stereocenters. The van der Waals surface area contributed by atoms with Crippen molar-refractivity contribution in [2.24, 2.45) is 0 Å². The van der Waals surface area contributed by atoms with Gasteiger partial charge in [0.25, 0.3) is 6.43 Å². The van der Waals surface area contributed by atoms with Gasteiger partial charge in [-0.3, -0.25) is 0 Å². The highest BCUT2D eigenvalue weighted by atomic mass is 19.3. The SMILES string of the molecule is F[C](F)COCC(F)F. The maximum Gasteiger partial charge on any atom is 0.335 e. The normalized spacial score (nSPS) is 11.3. The minimum Gasteiger partial charge on any atom is -0.369 e. The van der Waals surface area contributed by atoms with E-state index in [2.05, 4.69) is 4.74 Å². The van der Waals surface area contributed by atoms with Crippen molar-refractivity contribution in [1.82, 2.24) is 0 Å². The van der Waals surface area contributed by atoms with Gasteiger partial charge in [-0.05, 0) is 0 Å². The largest absolute Gasteiger partial charge is 0.369 e. The number of alkyl halides is 2. The summed E-state index contributed by atoms with van der Waals surface area (Å²) < 4.78 is 48.1. The molecule has 0 saturated carbocycles. The first-order chi connectivity index (χ1) is 4.13. The molecule has 0 N–H and O–H groups in total. The van der Waals surface area contributed by atoms with Crippen molar-refractivity contribution >= 4 is 0 Å². The summed E-state index contributed by atoms with van der Waals surface area (Å²) >= 11 is 0. The highest BCUT2D eigenvalue weighted by molar-refractivity contribution is 4.55. The van der Waals surface area contributed by atoms with E-state index in [1.807, 2.05) is 0 Å². The fraction of sp³-hybridized carbons (Fsp3) is 0.750. The predicted molar refractivity (Wildman–Crippen MR) is 22.3 cm³/mol. The summed E-state index contributed by atoms with van der Waals surface area (Å²) in [7, 11) is 0. The van der Waals surface area contributed by atoms with Gasteiger partial charge in [0.15, 0.2) is 0 Å². The average Bonchev–Trinajstić information content (AvgIpc) is 1.63. The highest BCUT2D eigenvalue weighted by Crippen LogP contribution is 2.03. The molecule has 0 rings (SSSR count). The molecule has 0 aliphatic heterocycles. The molecule has 0 aromatic rings. The lowest BCUT2D eigenvalue weighted by Crippen LogP contribution is -2.06. The van der Waals surface area contributed by atoms with Crippen LogP contribution in [0.1, 0.15) is 0 Å². The van der Waals surface area contributed by atoms with Crippen molar-refractivity contribution in [3.05, 3.63) is 6.43 Å². The van der Waals surface area contributed by atoms with Crippen LogP contribution in [0.4, 0.5) is 17.6 Å². The highest BCUT2D eigenvalue weighted by Gasteiger charge is 2.07. The van der Waals surface area contributed by atoms with Crippen molar-refractivity contribution < 1.29 is 22.3 Å². The molecule has 0 heterocycles. The zero-order chi connectivity index (χ0) is 7.28. The fourth-order valence-electron chi connectivity index (χ4n) is 0.225. The van der Waals surface area contributed by atoms with Crippen LogP contribution in [0.5, 0.6) is 0 Å². The summed E-state index contributed by atoms with van der Waals surface area (Å²) in [6.45, 7) is -1.93. The summed E-state index contributed by atoms with van der Waals surface area (Å²) in [5.74, 6) is 0. The van der Waals surface area contributed by atoms with Gasteiger partial charge in [-0.15, -0.1) is 0 Å². The van der Waals surface area contributed by atoms with Gasteiger partial charge >= 0.3 is 6.43 Å². The van der Waals surface area contributed by atoms with Gasteiger partial charge in [0, 0.05) is 0 Å². The standard InChI is InChI=1S/C4H5F4O/c5-3(6)1-9-2-4(7)8/h3H,1-2H2. The third-order valence-corrected chi connectivity index (χ3v) is 0.455. The van der Waals surface area contributed by atoms with E-state index in [9.17, 15) is 17.6 Å². The van der Waals surface area contributed by atoms with Gasteiger partial charge in [0.2, 0.25) is 0 Å². The van der Waals surface area contributed by atoms with Crippen LogP contribution in [0.25, 0.3) is 0 Å². The molecule has 0 fully saturated rings. The molecule has 0 aliphatic rings. The Hall–Kier alpha value is -0.320. The molecule has 0 aliphatic carbocycles.